The summed E-state index contributed by atoms with van der Waals surface area (Å²) in [5, 5.41) is 4.08. The molecule has 3 N–H and O–H groups in total. The van der Waals surface area contributed by atoms with Crippen LogP contribution in [0, 0.1) is 5.92 Å². The van der Waals surface area contributed by atoms with Crippen molar-refractivity contribution in [3.8, 4) is 0 Å². The topological polar surface area (TPSA) is 58.4 Å². The van der Waals surface area contributed by atoms with Gasteiger partial charge in [-0.1, -0.05) is 25.4 Å². The van der Waals surface area contributed by atoms with Crippen molar-refractivity contribution in [3.63, 3.8) is 0 Å². The Hall–Kier alpha value is -1.26. The molecule has 1 heterocycles. The number of amides is 1. The van der Waals surface area contributed by atoms with Gasteiger partial charge in [-0.25, -0.2) is 0 Å². The molecule has 1 aromatic rings. The number of nitrogens with zero attached hydrogens (tertiary/aromatic N) is 1. The standard InChI is InChI=1S/C16H24ClN3O/c1-11(2)10-20-7-5-13(6-8-20)19-15-9-12(16(18)21)3-4-14(15)17/h3-4,9,11,13,19H,5-8,10H2,1-2H3,(H2,18,21). The van der Waals surface area contributed by atoms with E-state index in [1.54, 1.807) is 18.2 Å². The Labute approximate surface area is 131 Å². The van der Waals surface area contributed by atoms with Crippen LogP contribution in [0.4, 0.5) is 5.69 Å². The molecular formula is C16H24ClN3O. The SMILES string of the molecule is CC(C)CN1CCC(Nc2cc(C(N)=O)ccc2Cl)CC1. The van der Waals surface area contributed by atoms with Crippen molar-refractivity contribution in [1.82, 2.24) is 4.90 Å². The Balaban J connectivity index is 1.94. The summed E-state index contributed by atoms with van der Waals surface area (Å²) in [5.41, 5.74) is 6.60. The van der Waals surface area contributed by atoms with E-state index in [0.29, 0.717) is 22.5 Å². The molecule has 1 aromatic carbocycles. The first kappa shape index (κ1) is 16.1. The van der Waals surface area contributed by atoms with Gasteiger partial charge in [0, 0.05) is 31.2 Å². The fourth-order valence-corrected chi connectivity index (χ4v) is 2.96. The Morgan fingerprint density at radius 2 is 2.10 bits per heavy atom. The molecule has 1 fully saturated rings. The maximum absolute atomic E-state index is 11.2. The van der Waals surface area contributed by atoms with Crippen molar-refractivity contribution in [1.29, 1.82) is 0 Å². The van der Waals surface area contributed by atoms with Gasteiger partial charge in [0.05, 0.1) is 10.7 Å². The molecule has 21 heavy (non-hydrogen) atoms. The van der Waals surface area contributed by atoms with Crippen molar-refractivity contribution < 1.29 is 4.79 Å². The molecule has 1 amide bonds. The molecule has 0 bridgehead atoms. The van der Waals surface area contributed by atoms with E-state index in [9.17, 15) is 4.79 Å². The zero-order valence-corrected chi connectivity index (χ0v) is 13.5. The van der Waals surface area contributed by atoms with Crippen LogP contribution in [0.15, 0.2) is 18.2 Å². The van der Waals surface area contributed by atoms with Gasteiger partial charge >= 0.3 is 0 Å². The van der Waals surface area contributed by atoms with Crippen molar-refractivity contribution in [3.05, 3.63) is 28.8 Å². The predicted molar refractivity (Wildman–Crippen MR) is 87.9 cm³/mol. The fourth-order valence-electron chi connectivity index (χ4n) is 2.79. The summed E-state index contributed by atoms with van der Waals surface area (Å²) >= 11 is 6.19. The number of halogens is 1. The number of hydrogen-bond donors (Lipinski definition) is 2. The van der Waals surface area contributed by atoms with E-state index in [1.165, 1.54) is 0 Å². The largest absolute Gasteiger partial charge is 0.381 e. The average Bonchev–Trinajstić information content (AvgIpc) is 2.42. The van der Waals surface area contributed by atoms with E-state index < -0.39 is 5.91 Å². The minimum absolute atomic E-state index is 0.397. The van der Waals surface area contributed by atoms with Gasteiger partial charge in [0.1, 0.15) is 0 Å². The lowest BCUT2D eigenvalue weighted by molar-refractivity contribution is 0.100. The molecular weight excluding hydrogens is 286 g/mol. The molecule has 116 valence electrons. The van der Waals surface area contributed by atoms with E-state index in [2.05, 4.69) is 24.1 Å². The zero-order valence-electron chi connectivity index (χ0n) is 12.7. The number of nitrogens with two attached hydrogens (primary N) is 1. The first-order valence-electron chi connectivity index (χ1n) is 7.54. The molecule has 1 saturated heterocycles. The van der Waals surface area contributed by atoms with Crippen molar-refractivity contribution in [2.45, 2.75) is 32.7 Å². The van der Waals surface area contributed by atoms with Crippen LogP contribution in [0.25, 0.3) is 0 Å². The molecule has 0 aromatic heterocycles. The van der Waals surface area contributed by atoms with Gasteiger partial charge in [0.15, 0.2) is 0 Å². The predicted octanol–water partition coefficient (Wildman–Crippen LogP) is 2.97. The molecule has 0 saturated carbocycles. The third kappa shape index (κ3) is 4.61. The quantitative estimate of drug-likeness (QED) is 0.879. The van der Waals surface area contributed by atoms with Gasteiger partial charge in [0.25, 0.3) is 0 Å². The molecule has 4 nitrogen and oxygen atoms in total. The van der Waals surface area contributed by atoms with Crippen LogP contribution in [0.5, 0.6) is 0 Å². The molecule has 1 aliphatic heterocycles. The van der Waals surface area contributed by atoms with Crippen molar-refractivity contribution >= 4 is 23.2 Å². The summed E-state index contributed by atoms with van der Waals surface area (Å²) in [5.74, 6) is 0.276. The number of nitrogens with one attached hydrogen (secondary N) is 1. The third-order valence-corrected chi connectivity index (χ3v) is 4.15. The van der Waals surface area contributed by atoms with Gasteiger partial charge in [-0.3, -0.25) is 4.79 Å². The number of anilines is 1. The highest BCUT2D eigenvalue weighted by molar-refractivity contribution is 6.33. The van der Waals surface area contributed by atoms with Gasteiger partial charge in [-0.15, -0.1) is 0 Å². The lowest BCUT2D eigenvalue weighted by Gasteiger charge is -2.34. The van der Waals surface area contributed by atoms with Crippen LogP contribution < -0.4 is 11.1 Å². The summed E-state index contributed by atoms with van der Waals surface area (Å²) < 4.78 is 0. The summed E-state index contributed by atoms with van der Waals surface area (Å²) in [6, 6.07) is 5.51. The van der Waals surface area contributed by atoms with Crippen LogP contribution in [-0.4, -0.2) is 36.5 Å². The maximum Gasteiger partial charge on any atom is 0.248 e. The fraction of sp³-hybridized carbons (Fsp3) is 0.562. The number of primary amides is 1. The number of piperidine rings is 1. The van der Waals surface area contributed by atoms with E-state index in [4.69, 9.17) is 17.3 Å². The second-order valence-corrected chi connectivity index (χ2v) is 6.58. The van der Waals surface area contributed by atoms with Crippen LogP contribution in [-0.2, 0) is 0 Å². The molecule has 0 radical (unpaired) electrons. The maximum atomic E-state index is 11.2. The zero-order chi connectivity index (χ0) is 15.4. The van der Waals surface area contributed by atoms with Crippen LogP contribution in [0.3, 0.4) is 0 Å². The highest BCUT2D eigenvalue weighted by Crippen LogP contribution is 2.26. The Morgan fingerprint density at radius 3 is 2.67 bits per heavy atom. The minimum atomic E-state index is -0.429. The first-order chi connectivity index (χ1) is 9.95. The van der Waals surface area contributed by atoms with Crippen molar-refractivity contribution in [2.75, 3.05) is 25.0 Å². The summed E-state index contributed by atoms with van der Waals surface area (Å²) in [7, 11) is 0. The number of rotatable bonds is 5. The number of carbonyl (C=O) groups is 1. The van der Waals surface area contributed by atoms with Crippen LogP contribution in [0.2, 0.25) is 5.02 Å². The summed E-state index contributed by atoms with van der Waals surface area (Å²) in [4.78, 5) is 13.8. The van der Waals surface area contributed by atoms with E-state index in [0.717, 1.165) is 38.2 Å². The smallest absolute Gasteiger partial charge is 0.248 e. The van der Waals surface area contributed by atoms with E-state index in [-0.39, 0.29) is 0 Å². The summed E-state index contributed by atoms with van der Waals surface area (Å²) in [6.07, 6.45) is 2.17. The average molecular weight is 310 g/mol. The minimum Gasteiger partial charge on any atom is -0.381 e. The molecule has 5 heteroatoms. The molecule has 1 aliphatic rings. The van der Waals surface area contributed by atoms with Gasteiger partial charge in [-0.05, 0) is 37.0 Å². The second-order valence-electron chi connectivity index (χ2n) is 6.17. The monoisotopic (exact) mass is 309 g/mol. The van der Waals surface area contributed by atoms with Gasteiger partial charge in [-0.2, -0.15) is 0 Å². The van der Waals surface area contributed by atoms with Gasteiger partial charge < -0.3 is 16.0 Å². The lowest BCUT2D eigenvalue weighted by Crippen LogP contribution is -2.40. The van der Waals surface area contributed by atoms with Crippen LogP contribution in [0.1, 0.15) is 37.0 Å². The Kier molecular flexibility index (Phi) is 5.48. The van der Waals surface area contributed by atoms with E-state index >= 15 is 0 Å². The van der Waals surface area contributed by atoms with Crippen LogP contribution >= 0.6 is 11.6 Å². The first-order valence-corrected chi connectivity index (χ1v) is 7.91. The molecule has 2 rings (SSSR count). The lowest BCUT2D eigenvalue weighted by atomic mass is 10.0. The highest BCUT2D eigenvalue weighted by atomic mass is 35.5. The summed E-state index contributed by atoms with van der Waals surface area (Å²) in [6.45, 7) is 7.86. The Morgan fingerprint density at radius 1 is 1.43 bits per heavy atom. The molecule has 0 spiro atoms. The highest BCUT2D eigenvalue weighted by Gasteiger charge is 2.20. The number of likely N-dealkylation sites (tertiary alicyclic amines) is 1. The number of hydrogen-bond acceptors (Lipinski definition) is 3. The molecule has 0 atom stereocenters. The van der Waals surface area contributed by atoms with Crippen molar-refractivity contribution in [2.24, 2.45) is 11.7 Å². The van der Waals surface area contributed by atoms with Gasteiger partial charge in [0.2, 0.25) is 5.91 Å². The Bertz CT molecular complexity index is 496. The molecule has 0 aliphatic carbocycles. The normalized spacial score (nSPS) is 17.1. The number of benzene rings is 1. The van der Waals surface area contributed by atoms with E-state index in [1.807, 2.05) is 0 Å². The third-order valence-electron chi connectivity index (χ3n) is 3.82. The molecule has 0 unspecified atom stereocenters. The second kappa shape index (κ2) is 7.14. The number of carbonyl (C=O) groups excluding carboxylic acids is 1.